The molecule has 1 amide bonds. The number of hydrogen-bond acceptors (Lipinski definition) is 5. The first kappa shape index (κ1) is 15.1. The van der Waals surface area contributed by atoms with Crippen LogP contribution in [-0.4, -0.2) is 56.5 Å². The van der Waals surface area contributed by atoms with Gasteiger partial charge in [0.1, 0.15) is 6.54 Å². The van der Waals surface area contributed by atoms with E-state index < -0.39 is 5.97 Å². The third-order valence-electron chi connectivity index (χ3n) is 2.82. The van der Waals surface area contributed by atoms with Gasteiger partial charge in [0.25, 0.3) is 0 Å². The van der Waals surface area contributed by atoms with Crippen molar-refractivity contribution in [2.75, 3.05) is 19.6 Å². The Hall–Kier alpha value is -1.96. The summed E-state index contributed by atoms with van der Waals surface area (Å²) in [6.45, 7) is 5.22. The molecule has 0 unspecified atom stereocenters. The lowest BCUT2D eigenvalue weighted by Crippen LogP contribution is -2.34. The van der Waals surface area contributed by atoms with Gasteiger partial charge in [-0.15, -0.1) is 5.10 Å². The predicted molar refractivity (Wildman–Crippen MR) is 67.7 cm³/mol. The van der Waals surface area contributed by atoms with E-state index in [-0.39, 0.29) is 24.7 Å². The van der Waals surface area contributed by atoms with Crippen molar-refractivity contribution in [1.82, 2.24) is 19.9 Å². The van der Waals surface area contributed by atoms with Crippen molar-refractivity contribution >= 4 is 11.9 Å². The lowest BCUT2D eigenvalue weighted by molar-refractivity contribution is -0.131. The number of carboxylic acids is 1. The molecule has 1 aromatic heterocycles. The van der Waals surface area contributed by atoms with Gasteiger partial charge in [-0.05, 0) is 20.4 Å². The minimum Gasteiger partial charge on any atom is -0.476 e. The summed E-state index contributed by atoms with van der Waals surface area (Å²) in [5.41, 5.74) is 5.69. The van der Waals surface area contributed by atoms with Gasteiger partial charge in [-0.1, -0.05) is 5.21 Å². The van der Waals surface area contributed by atoms with Crippen LogP contribution in [0.3, 0.4) is 0 Å². The minimum atomic E-state index is -1.16. The maximum atomic E-state index is 12.0. The normalized spacial score (nSPS) is 10.5. The number of carbonyl (C=O) groups excluding carboxylic acids is 1. The van der Waals surface area contributed by atoms with Crippen LogP contribution < -0.4 is 5.73 Å². The molecule has 1 heterocycles. The highest BCUT2D eigenvalue weighted by atomic mass is 16.4. The maximum Gasteiger partial charge on any atom is 0.358 e. The monoisotopic (exact) mass is 269 g/mol. The molecule has 0 aromatic carbocycles. The molecule has 8 nitrogen and oxygen atoms in total. The average molecular weight is 269 g/mol. The second-order valence-corrected chi connectivity index (χ2v) is 3.95. The third-order valence-corrected chi connectivity index (χ3v) is 2.82. The van der Waals surface area contributed by atoms with E-state index in [1.807, 2.05) is 13.8 Å². The molecule has 0 aliphatic rings. The molecule has 0 radical (unpaired) electrons. The molecule has 0 atom stereocenters. The fourth-order valence-electron chi connectivity index (χ4n) is 1.81. The number of rotatable bonds is 7. The summed E-state index contributed by atoms with van der Waals surface area (Å²) in [6, 6.07) is 0. The van der Waals surface area contributed by atoms with Crippen LogP contribution in [0.4, 0.5) is 0 Å². The number of hydrogen-bond donors (Lipinski definition) is 2. The van der Waals surface area contributed by atoms with Crippen LogP contribution in [0.5, 0.6) is 0 Å². The second kappa shape index (κ2) is 6.83. The first-order valence-electron chi connectivity index (χ1n) is 6.18. The molecule has 1 aromatic rings. The van der Waals surface area contributed by atoms with E-state index in [1.54, 1.807) is 4.90 Å². The number of carbonyl (C=O) groups is 2. The zero-order chi connectivity index (χ0) is 14.4. The van der Waals surface area contributed by atoms with Crippen molar-refractivity contribution in [3.8, 4) is 0 Å². The molecule has 0 spiro atoms. The highest BCUT2D eigenvalue weighted by molar-refractivity contribution is 5.86. The number of aromatic nitrogens is 3. The summed E-state index contributed by atoms with van der Waals surface area (Å²) in [6.07, 6.45) is 0.320. The summed E-state index contributed by atoms with van der Waals surface area (Å²) in [5.74, 6) is -1.28. The van der Waals surface area contributed by atoms with E-state index in [1.165, 1.54) is 4.68 Å². The summed E-state index contributed by atoms with van der Waals surface area (Å²) in [5, 5.41) is 16.3. The zero-order valence-electron chi connectivity index (χ0n) is 11.2. The van der Waals surface area contributed by atoms with Crippen molar-refractivity contribution in [3.05, 3.63) is 11.4 Å². The highest BCUT2D eigenvalue weighted by Crippen LogP contribution is 2.07. The number of nitrogens with two attached hydrogens (primary N) is 1. The van der Waals surface area contributed by atoms with Gasteiger partial charge in [-0.25, -0.2) is 9.48 Å². The standard InChI is InChI=1S/C11H19N5O3/c1-3-15(4-2)9(17)7-16-8(5-6-12)10(11(18)19)13-14-16/h3-7,12H2,1-2H3,(H,18,19). The zero-order valence-corrected chi connectivity index (χ0v) is 11.2. The van der Waals surface area contributed by atoms with Crippen LogP contribution in [0.25, 0.3) is 0 Å². The van der Waals surface area contributed by atoms with Gasteiger partial charge in [0, 0.05) is 19.5 Å². The molecular formula is C11H19N5O3. The third kappa shape index (κ3) is 3.50. The average Bonchev–Trinajstić information content (AvgIpc) is 2.74. The van der Waals surface area contributed by atoms with Crippen LogP contribution >= 0.6 is 0 Å². The van der Waals surface area contributed by atoms with Gasteiger partial charge in [-0.3, -0.25) is 4.79 Å². The van der Waals surface area contributed by atoms with Crippen LogP contribution in [0.2, 0.25) is 0 Å². The van der Waals surface area contributed by atoms with E-state index in [9.17, 15) is 9.59 Å². The quantitative estimate of drug-likeness (QED) is 0.679. The molecule has 0 saturated heterocycles. The van der Waals surface area contributed by atoms with Gasteiger partial charge in [0.2, 0.25) is 5.91 Å². The Labute approximate surface area is 111 Å². The van der Waals surface area contributed by atoms with Crippen LogP contribution in [0.15, 0.2) is 0 Å². The lowest BCUT2D eigenvalue weighted by atomic mass is 10.2. The molecule has 0 aliphatic carbocycles. The fraction of sp³-hybridized carbons (Fsp3) is 0.636. The molecule has 106 valence electrons. The Balaban J connectivity index is 2.94. The molecule has 0 bridgehead atoms. The topological polar surface area (TPSA) is 114 Å². The van der Waals surface area contributed by atoms with E-state index in [2.05, 4.69) is 10.3 Å². The summed E-state index contributed by atoms with van der Waals surface area (Å²) >= 11 is 0. The molecule has 19 heavy (non-hydrogen) atoms. The Morgan fingerprint density at radius 2 is 2.00 bits per heavy atom. The van der Waals surface area contributed by atoms with Crippen molar-refractivity contribution in [2.45, 2.75) is 26.8 Å². The Morgan fingerprint density at radius 1 is 1.37 bits per heavy atom. The van der Waals surface area contributed by atoms with Crippen molar-refractivity contribution < 1.29 is 14.7 Å². The summed E-state index contributed by atoms with van der Waals surface area (Å²) in [7, 11) is 0. The Morgan fingerprint density at radius 3 is 2.47 bits per heavy atom. The van der Waals surface area contributed by atoms with Gasteiger partial charge >= 0.3 is 5.97 Å². The van der Waals surface area contributed by atoms with E-state index >= 15 is 0 Å². The highest BCUT2D eigenvalue weighted by Gasteiger charge is 2.20. The minimum absolute atomic E-state index is 0.0166. The number of nitrogens with zero attached hydrogens (tertiary/aromatic N) is 4. The van der Waals surface area contributed by atoms with Crippen LogP contribution in [0, 0.1) is 0 Å². The van der Waals surface area contributed by atoms with E-state index in [0.717, 1.165) is 0 Å². The predicted octanol–water partition coefficient (Wildman–Crippen LogP) is -0.654. The van der Waals surface area contributed by atoms with Gasteiger partial charge in [0.05, 0.1) is 5.69 Å². The smallest absolute Gasteiger partial charge is 0.358 e. The Bertz CT molecular complexity index is 453. The number of likely N-dealkylation sites (N-methyl/N-ethyl adjacent to an activating group) is 1. The molecule has 3 N–H and O–H groups in total. The Kier molecular flexibility index (Phi) is 5.43. The second-order valence-electron chi connectivity index (χ2n) is 3.95. The van der Waals surface area contributed by atoms with Crippen molar-refractivity contribution in [2.24, 2.45) is 5.73 Å². The largest absolute Gasteiger partial charge is 0.476 e. The first-order chi connectivity index (χ1) is 9.04. The first-order valence-corrected chi connectivity index (χ1v) is 6.18. The van der Waals surface area contributed by atoms with E-state index in [0.29, 0.717) is 25.2 Å². The number of aromatic carboxylic acids is 1. The fourth-order valence-corrected chi connectivity index (χ4v) is 1.81. The summed E-state index contributed by atoms with van der Waals surface area (Å²) in [4.78, 5) is 24.6. The van der Waals surface area contributed by atoms with Crippen LogP contribution in [-0.2, 0) is 17.8 Å². The van der Waals surface area contributed by atoms with Crippen molar-refractivity contribution in [1.29, 1.82) is 0 Å². The van der Waals surface area contributed by atoms with E-state index in [4.69, 9.17) is 10.8 Å². The molecule has 0 aliphatic heterocycles. The lowest BCUT2D eigenvalue weighted by Gasteiger charge is -2.18. The number of carboxylic acid groups (broad SMARTS) is 1. The molecule has 0 saturated carbocycles. The molecule has 0 fully saturated rings. The van der Waals surface area contributed by atoms with Gasteiger partial charge in [0.15, 0.2) is 5.69 Å². The van der Waals surface area contributed by atoms with Gasteiger partial charge < -0.3 is 15.7 Å². The van der Waals surface area contributed by atoms with Crippen LogP contribution in [0.1, 0.15) is 30.0 Å². The molecule has 8 heteroatoms. The number of amides is 1. The summed E-state index contributed by atoms with van der Waals surface area (Å²) < 4.78 is 1.32. The molecule has 1 rings (SSSR count). The van der Waals surface area contributed by atoms with Crippen molar-refractivity contribution in [3.63, 3.8) is 0 Å². The SMILES string of the molecule is CCN(CC)C(=O)Cn1nnc(C(=O)O)c1CCN. The molecular weight excluding hydrogens is 250 g/mol. The van der Waals surface area contributed by atoms with Gasteiger partial charge in [-0.2, -0.15) is 0 Å². The maximum absolute atomic E-state index is 12.0.